The number of rotatable bonds is 4. The van der Waals surface area contributed by atoms with Gasteiger partial charge in [0.2, 0.25) is 0 Å². The van der Waals surface area contributed by atoms with Crippen molar-refractivity contribution in [2.75, 3.05) is 0 Å². The van der Waals surface area contributed by atoms with E-state index in [4.69, 9.17) is 5.11 Å². The van der Waals surface area contributed by atoms with Gasteiger partial charge in [-0.25, -0.2) is 4.68 Å². The maximum atomic E-state index is 11.8. The molecule has 0 amide bonds. The number of phenols is 1. The molecule has 0 bridgehead atoms. The van der Waals surface area contributed by atoms with Crippen molar-refractivity contribution in [3.05, 3.63) is 51.9 Å². The van der Waals surface area contributed by atoms with E-state index in [0.29, 0.717) is 0 Å². The van der Waals surface area contributed by atoms with Gasteiger partial charge in [0.25, 0.3) is 5.56 Å². The number of aromatic hydroxyl groups is 1. The van der Waals surface area contributed by atoms with Crippen LogP contribution in [0.4, 0.5) is 0 Å². The maximum absolute atomic E-state index is 11.8. The first kappa shape index (κ1) is 12.0. The topological polar surface area (TPSA) is 95.3 Å². The molecule has 94 valence electrons. The molecule has 0 saturated heterocycles. The van der Waals surface area contributed by atoms with Crippen LogP contribution >= 0.6 is 0 Å². The summed E-state index contributed by atoms with van der Waals surface area (Å²) in [6.07, 6.45) is 1.08. The Hall–Kier alpha value is -2.50. The van der Waals surface area contributed by atoms with Crippen LogP contribution in [0, 0.1) is 0 Å². The van der Waals surface area contributed by atoms with Crippen molar-refractivity contribution in [1.82, 2.24) is 9.78 Å². The summed E-state index contributed by atoms with van der Waals surface area (Å²) in [6.45, 7) is 0.257. The van der Waals surface area contributed by atoms with Crippen LogP contribution in [-0.4, -0.2) is 26.0 Å². The van der Waals surface area contributed by atoms with Gasteiger partial charge in [-0.1, -0.05) is 12.1 Å². The molecule has 0 radical (unpaired) electrons. The second-order valence-electron chi connectivity index (χ2n) is 3.93. The molecule has 0 atom stereocenters. The van der Waals surface area contributed by atoms with Gasteiger partial charge in [-0.2, -0.15) is 0 Å². The minimum atomic E-state index is -1.05. The third-order valence-corrected chi connectivity index (χ3v) is 2.51. The summed E-state index contributed by atoms with van der Waals surface area (Å²) < 4.78 is 1.30. The first-order valence-electron chi connectivity index (χ1n) is 5.33. The fraction of sp³-hybridized carbons (Fsp3) is 0.167. The third-order valence-electron chi connectivity index (χ3n) is 2.51. The zero-order chi connectivity index (χ0) is 13.1. The number of H-pyrrole nitrogens is 1. The van der Waals surface area contributed by atoms with Crippen LogP contribution < -0.4 is 5.56 Å². The lowest BCUT2D eigenvalue weighted by Crippen LogP contribution is -2.21. The molecule has 0 unspecified atom stereocenters. The van der Waals surface area contributed by atoms with Crippen LogP contribution in [0.1, 0.15) is 11.1 Å². The fourth-order valence-electron chi connectivity index (χ4n) is 1.69. The molecular formula is C12H12N2O4. The fourth-order valence-corrected chi connectivity index (χ4v) is 1.69. The van der Waals surface area contributed by atoms with Crippen molar-refractivity contribution in [2.24, 2.45) is 0 Å². The predicted octanol–water partition coefficient (Wildman–Crippen LogP) is 0.557. The predicted molar refractivity (Wildman–Crippen MR) is 63.6 cm³/mol. The lowest BCUT2D eigenvalue weighted by molar-refractivity contribution is -0.136. The van der Waals surface area contributed by atoms with Crippen LogP contribution in [0.3, 0.4) is 0 Å². The van der Waals surface area contributed by atoms with E-state index in [0.717, 1.165) is 5.56 Å². The average Bonchev–Trinajstić information content (AvgIpc) is 2.61. The number of aromatic nitrogens is 2. The molecule has 0 spiro atoms. The molecule has 0 aliphatic rings. The summed E-state index contributed by atoms with van der Waals surface area (Å²) in [5.41, 5.74) is 0.601. The normalized spacial score (nSPS) is 10.4. The third kappa shape index (κ3) is 2.60. The number of hydrogen-bond donors (Lipinski definition) is 3. The number of carbonyl (C=O) groups is 1. The molecule has 2 rings (SSSR count). The highest BCUT2D eigenvalue weighted by atomic mass is 16.4. The van der Waals surface area contributed by atoms with Crippen molar-refractivity contribution in [3.63, 3.8) is 0 Å². The largest absolute Gasteiger partial charge is 0.508 e. The molecule has 1 heterocycles. The van der Waals surface area contributed by atoms with Gasteiger partial charge in [0.1, 0.15) is 5.75 Å². The average molecular weight is 248 g/mol. The van der Waals surface area contributed by atoms with E-state index >= 15 is 0 Å². The second-order valence-corrected chi connectivity index (χ2v) is 3.93. The molecule has 1 aromatic carbocycles. The minimum Gasteiger partial charge on any atom is -0.508 e. The molecule has 0 aliphatic heterocycles. The molecule has 6 heteroatoms. The molecule has 2 aromatic rings. The molecule has 18 heavy (non-hydrogen) atoms. The Bertz CT molecular complexity index is 627. The number of phenolic OH excluding ortho intramolecular Hbond substituents is 1. The first-order valence-corrected chi connectivity index (χ1v) is 5.33. The number of aliphatic carboxylic acids is 1. The molecule has 0 fully saturated rings. The Kier molecular flexibility index (Phi) is 3.18. The Morgan fingerprint density at radius 3 is 2.83 bits per heavy atom. The molecule has 0 aliphatic carbocycles. The van der Waals surface area contributed by atoms with Crippen molar-refractivity contribution >= 4 is 5.97 Å². The molecule has 1 aromatic heterocycles. The lowest BCUT2D eigenvalue weighted by atomic mass is 10.2. The zero-order valence-corrected chi connectivity index (χ0v) is 9.46. The van der Waals surface area contributed by atoms with Crippen LogP contribution in [-0.2, 0) is 17.8 Å². The van der Waals surface area contributed by atoms with Crippen molar-refractivity contribution < 1.29 is 15.0 Å². The van der Waals surface area contributed by atoms with E-state index in [-0.39, 0.29) is 29.8 Å². The molecule has 6 nitrogen and oxygen atoms in total. The van der Waals surface area contributed by atoms with Crippen molar-refractivity contribution in [2.45, 2.75) is 13.0 Å². The van der Waals surface area contributed by atoms with Gasteiger partial charge in [-0.15, -0.1) is 0 Å². The Morgan fingerprint density at radius 2 is 2.17 bits per heavy atom. The first-order chi connectivity index (χ1) is 8.56. The Balaban J connectivity index is 2.23. The standard InChI is InChI=1S/C12H12N2O4/c15-10-3-1-2-8(4-10)7-14-12(18)9(6-13-14)5-11(16)17/h1-4,6,13,15H,5,7H2,(H,16,17). The quantitative estimate of drug-likeness (QED) is 0.736. The van der Waals surface area contributed by atoms with E-state index in [9.17, 15) is 14.7 Å². The summed E-state index contributed by atoms with van der Waals surface area (Å²) in [5.74, 6) is -0.923. The zero-order valence-electron chi connectivity index (χ0n) is 9.46. The Morgan fingerprint density at radius 1 is 1.39 bits per heavy atom. The van der Waals surface area contributed by atoms with Gasteiger partial charge in [-0.05, 0) is 17.7 Å². The highest BCUT2D eigenvalue weighted by molar-refractivity contribution is 5.69. The van der Waals surface area contributed by atoms with Crippen molar-refractivity contribution in [3.8, 4) is 5.75 Å². The molecule has 3 N–H and O–H groups in total. The van der Waals surface area contributed by atoms with E-state index in [1.54, 1.807) is 18.2 Å². The maximum Gasteiger partial charge on any atom is 0.308 e. The minimum absolute atomic E-state index is 0.123. The summed E-state index contributed by atoms with van der Waals surface area (Å²) in [4.78, 5) is 22.3. The van der Waals surface area contributed by atoms with Gasteiger partial charge >= 0.3 is 5.97 Å². The second kappa shape index (κ2) is 4.79. The van der Waals surface area contributed by atoms with Crippen LogP contribution in [0.15, 0.2) is 35.3 Å². The summed E-state index contributed by atoms with van der Waals surface area (Å²) in [7, 11) is 0. The van der Waals surface area contributed by atoms with Gasteiger partial charge in [0, 0.05) is 11.8 Å². The van der Waals surface area contributed by atoms with Crippen LogP contribution in [0.25, 0.3) is 0 Å². The number of aromatic amines is 1. The van der Waals surface area contributed by atoms with E-state index < -0.39 is 5.97 Å². The highest BCUT2D eigenvalue weighted by Gasteiger charge is 2.10. The number of hydrogen-bond acceptors (Lipinski definition) is 3. The van der Waals surface area contributed by atoms with Gasteiger partial charge in [0.05, 0.1) is 13.0 Å². The number of carboxylic acid groups (broad SMARTS) is 1. The number of carboxylic acids is 1. The van der Waals surface area contributed by atoms with E-state index in [2.05, 4.69) is 5.10 Å². The highest BCUT2D eigenvalue weighted by Crippen LogP contribution is 2.11. The van der Waals surface area contributed by atoms with Crippen LogP contribution in [0.5, 0.6) is 5.75 Å². The van der Waals surface area contributed by atoms with Gasteiger partial charge in [-0.3, -0.25) is 9.59 Å². The van der Waals surface area contributed by atoms with E-state index in [1.807, 2.05) is 0 Å². The van der Waals surface area contributed by atoms with Crippen LogP contribution in [0.2, 0.25) is 0 Å². The summed E-state index contributed by atoms with van der Waals surface area (Å²) in [6, 6.07) is 6.53. The van der Waals surface area contributed by atoms with Gasteiger partial charge < -0.3 is 15.3 Å². The number of benzene rings is 1. The number of nitrogens with one attached hydrogen (secondary N) is 1. The Labute approximate surface area is 102 Å². The summed E-state index contributed by atoms with van der Waals surface area (Å²) in [5, 5.41) is 20.6. The van der Waals surface area contributed by atoms with Gasteiger partial charge in [0.15, 0.2) is 0 Å². The van der Waals surface area contributed by atoms with Crippen molar-refractivity contribution in [1.29, 1.82) is 0 Å². The SMILES string of the molecule is O=C(O)Cc1c[nH]n(Cc2cccc(O)c2)c1=O. The lowest BCUT2D eigenvalue weighted by Gasteiger charge is -2.02. The molecular weight excluding hydrogens is 236 g/mol. The smallest absolute Gasteiger partial charge is 0.308 e. The number of nitrogens with zero attached hydrogens (tertiary/aromatic N) is 1. The monoisotopic (exact) mass is 248 g/mol. The summed E-state index contributed by atoms with van der Waals surface area (Å²) >= 11 is 0. The van der Waals surface area contributed by atoms with E-state index in [1.165, 1.54) is 16.9 Å². The molecule has 0 saturated carbocycles.